The van der Waals surface area contributed by atoms with Crippen LogP contribution >= 0.6 is 11.6 Å². The third-order valence-electron chi connectivity index (χ3n) is 5.77. The number of benzene rings is 1. The maximum absolute atomic E-state index is 12.5. The van der Waals surface area contributed by atoms with Crippen molar-refractivity contribution >= 4 is 27.5 Å². The quantitative estimate of drug-likeness (QED) is 0.523. The second kappa shape index (κ2) is 9.81. The van der Waals surface area contributed by atoms with Crippen LogP contribution in [0.1, 0.15) is 52.0 Å². The van der Waals surface area contributed by atoms with Crippen molar-refractivity contribution in [2.75, 3.05) is 13.1 Å². The van der Waals surface area contributed by atoms with Crippen molar-refractivity contribution in [3.05, 3.63) is 35.1 Å². The van der Waals surface area contributed by atoms with Gasteiger partial charge in [-0.1, -0.05) is 11.6 Å². The normalized spacial score (nSPS) is 17.2. The Kier molecular flexibility index (Phi) is 7.15. The molecule has 1 amide bonds. The average Bonchev–Trinajstić information content (AvgIpc) is 3.63. The van der Waals surface area contributed by atoms with Gasteiger partial charge < -0.3 is 19.1 Å². The van der Waals surface area contributed by atoms with E-state index in [9.17, 15) is 13.2 Å². The van der Waals surface area contributed by atoms with Crippen molar-refractivity contribution in [1.82, 2.24) is 14.9 Å². The van der Waals surface area contributed by atoms with Crippen molar-refractivity contribution in [2.24, 2.45) is 0 Å². The zero-order chi connectivity index (χ0) is 25.4. The van der Waals surface area contributed by atoms with E-state index in [0.717, 1.165) is 0 Å². The van der Waals surface area contributed by atoms with Crippen LogP contribution in [0.2, 0.25) is 5.02 Å². The van der Waals surface area contributed by atoms with E-state index in [0.29, 0.717) is 56.0 Å². The van der Waals surface area contributed by atoms with E-state index in [1.165, 1.54) is 24.5 Å². The molecule has 1 saturated carbocycles. The summed E-state index contributed by atoms with van der Waals surface area (Å²) in [4.78, 5) is 22.6. The number of nitrogens with zero attached hydrogens (tertiary/aromatic N) is 3. The molecule has 35 heavy (non-hydrogen) atoms. The fraction of sp³-hybridized carbons (Fsp3) is 0.542. The van der Waals surface area contributed by atoms with Gasteiger partial charge in [0.1, 0.15) is 23.8 Å². The molecule has 11 heteroatoms. The van der Waals surface area contributed by atoms with Crippen LogP contribution in [0.4, 0.5) is 4.79 Å². The smallest absolute Gasteiger partial charge is 0.410 e. The maximum atomic E-state index is 12.5. The van der Waals surface area contributed by atoms with Gasteiger partial charge in [0.15, 0.2) is 9.84 Å². The van der Waals surface area contributed by atoms with Crippen LogP contribution in [0.5, 0.6) is 17.5 Å². The van der Waals surface area contributed by atoms with Crippen molar-refractivity contribution < 1.29 is 27.4 Å². The second-order valence-corrected chi connectivity index (χ2v) is 12.5. The molecule has 0 bridgehead atoms. The predicted octanol–water partition coefficient (Wildman–Crippen LogP) is 4.95. The van der Waals surface area contributed by atoms with Gasteiger partial charge in [-0.3, -0.25) is 0 Å². The van der Waals surface area contributed by atoms with Gasteiger partial charge in [-0.05, 0) is 58.7 Å². The molecular formula is C24H30ClN3O6S. The number of hydrogen-bond acceptors (Lipinski definition) is 8. The first kappa shape index (κ1) is 25.5. The summed E-state index contributed by atoms with van der Waals surface area (Å²) in [5, 5.41) is -0.133. The van der Waals surface area contributed by atoms with Crippen molar-refractivity contribution in [2.45, 2.75) is 75.2 Å². The lowest BCUT2D eigenvalue weighted by molar-refractivity contribution is 0.0122. The van der Waals surface area contributed by atoms with Crippen molar-refractivity contribution in [3.8, 4) is 17.5 Å². The SMILES string of the molecule is Cc1c(Oc2ccc(S(=O)(=O)C3CC3)cc2Cl)ncnc1OC1CCN(C(=O)OC(C)(C)C)CC1. The van der Waals surface area contributed by atoms with E-state index >= 15 is 0 Å². The minimum Gasteiger partial charge on any atom is -0.474 e. The lowest BCUT2D eigenvalue weighted by Crippen LogP contribution is -2.44. The first-order chi connectivity index (χ1) is 16.4. The van der Waals surface area contributed by atoms with E-state index in [1.54, 1.807) is 11.8 Å². The largest absolute Gasteiger partial charge is 0.474 e. The number of halogens is 1. The zero-order valence-electron chi connectivity index (χ0n) is 20.3. The summed E-state index contributed by atoms with van der Waals surface area (Å²) in [5.74, 6) is 0.940. The van der Waals surface area contributed by atoms with Gasteiger partial charge in [-0.25, -0.2) is 23.2 Å². The van der Waals surface area contributed by atoms with E-state index in [4.69, 9.17) is 25.8 Å². The molecular weight excluding hydrogens is 494 g/mol. The Morgan fingerprint density at radius 2 is 1.74 bits per heavy atom. The maximum Gasteiger partial charge on any atom is 0.410 e. The van der Waals surface area contributed by atoms with Crippen LogP contribution in [0.25, 0.3) is 0 Å². The van der Waals surface area contributed by atoms with Gasteiger partial charge in [0.05, 0.1) is 20.7 Å². The van der Waals surface area contributed by atoms with Crippen molar-refractivity contribution in [3.63, 3.8) is 0 Å². The molecule has 1 saturated heterocycles. The molecule has 1 aliphatic carbocycles. The molecule has 0 N–H and O–H groups in total. The minimum atomic E-state index is -3.35. The Hall–Kier alpha value is -2.59. The Balaban J connectivity index is 1.39. The highest BCUT2D eigenvalue weighted by Crippen LogP contribution is 2.38. The molecule has 0 radical (unpaired) electrons. The van der Waals surface area contributed by atoms with Gasteiger partial charge in [0, 0.05) is 25.9 Å². The highest BCUT2D eigenvalue weighted by molar-refractivity contribution is 7.92. The Labute approximate surface area is 210 Å². The van der Waals surface area contributed by atoms with E-state index in [2.05, 4.69) is 9.97 Å². The van der Waals surface area contributed by atoms with Crippen molar-refractivity contribution in [1.29, 1.82) is 0 Å². The fourth-order valence-corrected chi connectivity index (χ4v) is 5.66. The number of aromatic nitrogens is 2. The molecule has 0 atom stereocenters. The summed E-state index contributed by atoms with van der Waals surface area (Å²) in [6, 6.07) is 4.45. The first-order valence-electron chi connectivity index (χ1n) is 11.6. The summed E-state index contributed by atoms with van der Waals surface area (Å²) in [7, 11) is -3.35. The standard InChI is InChI=1S/C24H30ClN3O6S/c1-15-21(32-16-9-11-28(12-10-16)23(29)34-24(2,3)4)26-14-27-22(15)33-20-8-7-18(13-19(20)25)35(30,31)17-5-6-17/h7-8,13-14,16-17H,5-6,9-12H2,1-4H3. The fourth-order valence-electron chi connectivity index (χ4n) is 3.70. The van der Waals surface area contributed by atoms with Gasteiger partial charge in [0.25, 0.3) is 0 Å². The lowest BCUT2D eigenvalue weighted by Gasteiger charge is -2.33. The van der Waals surface area contributed by atoms with Crippen LogP contribution in [0.3, 0.4) is 0 Å². The Morgan fingerprint density at radius 1 is 1.09 bits per heavy atom. The van der Waals surface area contributed by atoms with Gasteiger partial charge in [-0.15, -0.1) is 0 Å². The molecule has 2 heterocycles. The Bertz CT molecular complexity index is 1200. The molecule has 2 aliphatic rings. The molecule has 190 valence electrons. The topological polar surface area (TPSA) is 108 Å². The van der Waals surface area contributed by atoms with Crippen LogP contribution in [-0.4, -0.2) is 59.4 Å². The van der Waals surface area contributed by atoms with E-state index in [1.807, 2.05) is 20.8 Å². The number of sulfone groups is 1. The third-order valence-corrected chi connectivity index (χ3v) is 8.32. The van der Waals surface area contributed by atoms with Crippen LogP contribution in [-0.2, 0) is 14.6 Å². The monoisotopic (exact) mass is 523 g/mol. The molecule has 0 spiro atoms. The number of carbonyl (C=O) groups is 1. The van der Waals surface area contributed by atoms with Crippen LogP contribution in [0.15, 0.2) is 29.4 Å². The zero-order valence-corrected chi connectivity index (χ0v) is 21.9. The molecule has 1 aliphatic heterocycles. The molecule has 2 fully saturated rings. The number of piperidine rings is 1. The first-order valence-corrected chi connectivity index (χ1v) is 13.5. The molecule has 4 rings (SSSR count). The average molecular weight is 524 g/mol. The molecule has 2 aromatic rings. The summed E-state index contributed by atoms with van der Waals surface area (Å²) >= 11 is 6.33. The van der Waals surface area contributed by atoms with Gasteiger partial charge >= 0.3 is 6.09 Å². The van der Waals surface area contributed by atoms with Gasteiger partial charge in [-0.2, -0.15) is 0 Å². The van der Waals surface area contributed by atoms with E-state index < -0.39 is 15.4 Å². The predicted molar refractivity (Wildman–Crippen MR) is 130 cm³/mol. The molecule has 0 unspecified atom stereocenters. The Morgan fingerprint density at radius 3 is 2.34 bits per heavy atom. The highest BCUT2D eigenvalue weighted by Gasteiger charge is 2.37. The summed E-state index contributed by atoms with van der Waals surface area (Å²) in [6.07, 6.45) is 3.54. The summed E-state index contributed by atoms with van der Waals surface area (Å²) < 4.78 is 42.3. The number of rotatable bonds is 6. The lowest BCUT2D eigenvalue weighted by atomic mass is 10.1. The number of amides is 1. The second-order valence-electron chi connectivity index (χ2n) is 9.83. The molecule has 1 aromatic carbocycles. The molecule has 9 nitrogen and oxygen atoms in total. The summed E-state index contributed by atoms with van der Waals surface area (Å²) in [5.41, 5.74) is 0.0564. The molecule has 1 aromatic heterocycles. The number of hydrogen-bond donors (Lipinski definition) is 0. The van der Waals surface area contributed by atoms with Gasteiger partial charge in [0.2, 0.25) is 11.8 Å². The number of ether oxygens (including phenoxy) is 3. The van der Waals surface area contributed by atoms with E-state index in [-0.39, 0.29) is 33.2 Å². The third kappa shape index (κ3) is 6.16. The number of likely N-dealkylation sites (tertiary alicyclic amines) is 1. The van der Waals surface area contributed by atoms with Crippen LogP contribution in [0, 0.1) is 6.92 Å². The van der Waals surface area contributed by atoms with Crippen LogP contribution < -0.4 is 9.47 Å². The summed E-state index contributed by atoms with van der Waals surface area (Å²) in [6.45, 7) is 8.36. The highest BCUT2D eigenvalue weighted by atomic mass is 35.5. The minimum absolute atomic E-state index is 0.120. The number of carbonyl (C=O) groups excluding carboxylic acids is 1.